The number of hydrogen-bond donors (Lipinski definition) is 2. The maximum atomic E-state index is 10.6. The molecule has 0 amide bonds. The van der Waals surface area contributed by atoms with E-state index >= 15 is 0 Å². The summed E-state index contributed by atoms with van der Waals surface area (Å²) in [5, 5.41) is 18.2. The normalized spacial score (nSPS) is 32.8. The van der Waals surface area contributed by atoms with Crippen LogP contribution in [0, 0.1) is 18.3 Å². The molecule has 0 saturated heterocycles. The van der Waals surface area contributed by atoms with Gasteiger partial charge in [-0.1, -0.05) is 6.92 Å². The van der Waals surface area contributed by atoms with E-state index in [0.717, 1.165) is 12.8 Å². The quantitative estimate of drug-likeness (QED) is 0.653. The van der Waals surface area contributed by atoms with Crippen LogP contribution >= 0.6 is 0 Å². The number of carboxylic acid groups (broad SMARTS) is 1. The van der Waals surface area contributed by atoms with Crippen molar-refractivity contribution in [2.75, 3.05) is 0 Å². The zero-order chi connectivity index (χ0) is 9.14. The average Bonchev–Trinajstić information content (AvgIpc) is 2.04. The molecule has 0 aromatic heterocycles. The van der Waals surface area contributed by atoms with Gasteiger partial charge in [0.15, 0.2) is 0 Å². The van der Waals surface area contributed by atoms with Crippen molar-refractivity contribution in [3.05, 3.63) is 6.42 Å². The molecule has 12 heavy (non-hydrogen) atoms. The lowest BCUT2D eigenvalue weighted by atomic mass is 9.79. The fourth-order valence-electron chi connectivity index (χ4n) is 1.73. The van der Waals surface area contributed by atoms with Gasteiger partial charge in [-0.25, -0.2) is 0 Å². The third-order valence-corrected chi connectivity index (χ3v) is 2.64. The van der Waals surface area contributed by atoms with Gasteiger partial charge in [0.2, 0.25) is 0 Å². The van der Waals surface area contributed by atoms with Crippen molar-refractivity contribution in [1.29, 1.82) is 0 Å². The van der Waals surface area contributed by atoms with Gasteiger partial charge in [-0.3, -0.25) is 4.79 Å². The second-order valence-corrected chi connectivity index (χ2v) is 3.46. The van der Waals surface area contributed by atoms with Gasteiger partial charge in [0.25, 0.3) is 0 Å². The standard InChI is InChI=1S/C9H15O3/c1-6(9(11)12)7-4-2-3-5-8(7)10/h3,6-8,10H,2,4-5H2,1H3,(H,11,12). The first-order valence-electron chi connectivity index (χ1n) is 4.35. The Kier molecular flexibility index (Phi) is 3.09. The smallest absolute Gasteiger partial charge is 0.306 e. The van der Waals surface area contributed by atoms with Crippen LogP contribution < -0.4 is 0 Å². The number of aliphatic carboxylic acids is 1. The molecule has 69 valence electrons. The first-order valence-corrected chi connectivity index (χ1v) is 4.35. The molecule has 3 heteroatoms. The van der Waals surface area contributed by atoms with E-state index in [9.17, 15) is 9.90 Å². The van der Waals surface area contributed by atoms with Crippen LogP contribution in [0.25, 0.3) is 0 Å². The Bertz CT molecular complexity index is 167. The van der Waals surface area contributed by atoms with Crippen LogP contribution in [0.3, 0.4) is 0 Å². The molecule has 0 aliphatic heterocycles. The van der Waals surface area contributed by atoms with Gasteiger partial charge in [-0.15, -0.1) is 0 Å². The molecule has 3 nitrogen and oxygen atoms in total. The fourth-order valence-corrected chi connectivity index (χ4v) is 1.73. The number of aliphatic hydroxyl groups is 1. The SMILES string of the molecule is CC(C(=O)O)C1CC[CH]CC1O. The van der Waals surface area contributed by atoms with Crippen LogP contribution in [-0.2, 0) is 4.79 Å². The minimum atomic E-state index is -0.805. The summed E-state index contributed by atoms with van der Waals surface area (Å²) in [6.45, 7) is 1.67. The maximum Gasteiger partial charge on any atom is 0.306 e. The monoisotopic (exact) mass is 171 g/mol. The van der Waals surface area contributed by atoms with Crippen molar-refractivity contribution in [3.8, 4) is 0 Å². The lowest BCUT2D eigenvalue weighted by Gasteiger charge is -2.29. The topological polar surface area (TPSA) is 57.5 Å². The van der Waals surface area contributed by atoms with E-state index < -0.39 is 18.0 Å². The molecule has 1 fully saturated rings. The van der Waals surface area contributed by atoms with E-state index in [0.29, 0.717) is 6.42 Å². The molecule has 3 unspecified atom stereocenters. The van der Waals surface area contributed by atoms with Crippen LogP contribution in [0.2, 0.25) is 0 Å². The number of carboxylic acids is 1. The lowest BCUT2D eigenvalue weighted by molar-refractivity contribution is -0.145. The Hall–Kier alpha value is -0.570. The van der Waals surface area contributed by atoms with Crippen molar-refractivity contribution in [2.24, 2.45) is 11.8 Å². The van der Waals surface area contributed by atoms with Gasteiger partial charge in [0, 0.05) is 0 Å². The first-order chi connectivity index (χ1) is 5.63. The minimum Gasteiger partial charge on any atom is -0.481 e. The zero-order valence-electron chi connectivity index (χ0n) is 7.23. The summed E-state index contributed by atoms with van der Waals surface area (Å²) in [5.41, 5.74) is 0. The summed E-state index contributed by atoms with van der Waals surface area (Å²) in [4.78, 5) is 10.6. The van der Waals surface area contributed by atoms with E-state index in [1.54, 1.807) is 6.92 Å². The third-order valence-electron chi connectivity index (χ3n) is 2.64. The highest BCUT2D eigenvalue weighted by atomic mass is 16.4. The van der Waals surface area contributed by atoms with Gasteiger partial charge in [-0.2, -0.15) is 0 Å². The van der Waals surface area contributed by atoms with Gasteiger partial charge >= 0.3 is 5.97 Å². The van der Waals surface area contributed by atoms with E-state index in [2.05, 4.69) is 0 Å². The Morgan fingerprint density at radius 1 is 1.67 bits per heavy atom. The molecule has 1 saturated carbocycles. The van der Waals surface area contributed by atoms with Crippen molar-refractivity contribution in [2.45, 2.75) is 32.3 Å². The van der Waals surface area contributed by atoms with Crippen LogP contribution in [0.5, 0.6) is 0 Å². The van der Waals surface area contributed by atoms with Crippen LogP contribution in [-0.4, -0.2) is 22.3 Å². The molecule has 0 aromatic rings. The summed E-state index contributed by atoms with van der Waals surface area (Å²) < 4.78 is 0. The van der Waals surface area contributed by atoms with Crippen molar-refractivity contribution >= 4 is 5.97 Å². The maximum absolute atomic E-state index is 10.6. The van der Waals surface area contributed by atoms with Crippen molar-refractivity contribution in [1.82, 2.24) is 0 Å². The minimum absolute atomic E-state index is 0.0625. The molecule has 1 radical (unpaired) electrons. The van der Waals surface area contributed by atoms with Gasteiger partial charge < -0.3 is 10.2 Å². The summed E-state index contributed by atoms with van der Waals surface area (Å²) in [6, 6.07) is 0. The van der Waals surface area contributed by atoms with Crippen LogP contribution in [0.4, 0.5) is 0 Å². The average molecular weight is 171 g/mol. The predicted octanol–water partition coefficient (Wildman–Crippen LogP) is 1.07. The second-order valence-electron chi connectivity index (χ2n) is 3.46. The highest BCUT2D eigenvalue weighted by Gasteiger charge is 2.31. The summed E-state index contributed by atoms with van der Waals surface area (Å²) in [7, 11) is 0. The lowest BCUT2D eigenvalue weighted by Crippen LogP contribution is -2.33. The molecular formula is C9H15O3. The van der Waals surface area contributed by atoms with Gasteiger partial charge in [0.05, 0.1) is 12.0 Å². The van der Waals surface area contributed by atoms with Gasteiger partial charge in [-0.05, 0) is 31.6 Å². The third kappa shape index (κ3) is 1.97. The van der Waals surface area contributed by atoms with Crippen molar-refractivity contribution < 1.29 is 15.0 Å². The molecule has 1 aliphatic rings. The molecule has 0 heterocycles. The molecule has 0 spiro atoms. The predicted molar refractivity (Wildman–Crippen MR) is 44.4 cm³/mol. The Morgan fingerprint density at radius 2 is 2.33 bits per heavy atom. The van der Waals surface area contributed by atoms with E-state index in [-0.39, 0.29) is 5.92 Å². The van der Waals surface area contributed by atoms with Crippen molar-refractivity contribution in [3.63, 3.8) is 0 Å². The van der Waals surface area contributed by atoms with Crippen LogP contribution in [0.15, 0.2) is 0 Å². The molecule has 0 bridgehead atoms. The molecular weight excluding hydrogens is 156 g/mol. The zero-order valence-corrected chi connectivity index (χ0v) is 7.23. The Labute approximate surface area is 72.4 Å². The number of aliphatic hydroxyl groups excluding tert-OH is 1. The molecule has 2 N–H and O–H groups in total. The summed E-state index contributed by atoms with van der Waals surface area (Å²) in [6.07, 6.45) is 3.94. The molecule has 3 atom stereocenters. The molecule has 0 aromatic carbocycles. The number of rotatable bonds is 2. The second kappa shape index (κ2) is 3.90. The number of carbonyl (C=O) groups is 1. The van der Waals surface area contributed by atoms with E-state index in [4.69, 9.17) is 5.11 Å². The largest absolute Gasteiger partial charge is 0.481 e. The van der Waals surface area contributed by atoms with Gasteiger partial charge in [0.1, 0.15) is 0 Å². The fraction of sp³-hybridized carbons (Fsp3) is 0.778. The molecule has 1 rings (SSSR count). The molecule has 1 aliphatic carbocycles. The van der Waals surface area contributed by atoms with E-state index in [1.165, 1.54) is 0 Å². The van der Waals surface area contributed by atoms with Crippen LogP contribution in [0.1, 0.15) is 26.2 Å². The summed E-state index contributed by atoms with van der Waals surface area (Å²) in [5.74, 6) is -1.29. The summed E-state index contributed by atoms with van der Waals surface area (Å²) >= 11 is 0. The Morgan fingerprint density at radius 3 is 2.83 bits per heavy atom. The highest BCUT2D eigenvalue weighted by molar-refractivity contribution is 5.70. The Balaban J connectivity index is 2.53. The van der Waals surface area contributed by atoms with E-state index in [1.807, 2.05) is 6.42 Å². The number of hydrogen-bond acceptors (Lipinski definition) is 2. The first kappa shape index (κ1) is 9.52. The highest BCUT2D eigenvalue weighted by Crippen LogP contribution is 2.29.